The van der Waals surface area contributed by atoms with Crippen molar-refractivity contribution in [2.75, 3.05) is 31.1 Å². The predicted octanol–water partition coefficient (Wildman–Crippen LogP) is 0.391. The second-order valence-corrected chi connectivity index (χ2v) is 3.84. The van der Waals surface area contributed by atoms with E-state index in [9.17, 15) is 4.39 Å². The summed E-state index contributed by atoms with van der Waals surface area (Å²) in [5, 5.41) is 3.30. The molecule has 0 unspecified atom stereocenters. The highest BCUT2D eigenvalue weighted by Gasteiger charge is 2.30. The van der Waals surface area contributed by atoms with E-state index in [0.29, 0.717) is 18.4 Å². The molecule has 15 heavy (non-hydrogen) atoms. The van der Waals surface area contributed by atoms with Crippen LogP contribution in [0.5, 0.6) is 5.75 Å². The fraction of sp³-hybridized carbons (Fsp3) is 0.500. The van der Waals surface area contributed by atoms with E-state index in [-0.39, 0.29) is 5.82 Å². The molecule has 0 spiro atoms. The first-order valence-electron chi connectivity index (χ1n) is 5.10. The molecular formula is C10H12FN3O. The zero-order valence-corrected chi connectivity index (χ0v) is 8.24. The molecule has 0 radical (unpaired) electrons. The third-order valence-corrected chi connectivity index (χ3v) is 2.85. The van der Waals surface area contributed by atoms with E-state index in [4.69, 9.17) is 4.74 Å². The minimum atomic E-state index is -0.345. The molecule has 0 bridgehead atoms. The number of pyridine rings is 1. The summed E-state index contributed by atoms with van der Waals surface area (Å²) in [5.74, 6) is 0.990. The molecule has 0 amide bonds. The van der Waals surface area contributed by atoms with Gasteiger partial charge in [0.25, 0.3) is 0 Å². The van der Waals surface area contributed by atoms with Crippen LogP contribution in [0.3, 0.4) is 0 Å². The number of nitrogens with zero attached hydrogens (tertiary/aromatic N) is 2. The van der Waals surface area contributed by atoms with E-state index in [0.717, 1.165) is 25.5 Å². The van der Waals surface area contributed by atoms with Gasteiger partial charge in [0, 0.05) is 25.7 Å². The van der Waals surface area contributed by atoms with Crippen LogP contribution in [0.2, 0.25) is 0 Å². The van der Waals surface area contributed by atoms with E-state index in [1.165, 1.54) is 12.3 Å². The van der Waals surface area contributed by atoms with Crippen LogP contribution in [-0.4, -0.2) is 37.3 Å². The summed E-state index contributed by atoms with van der Waals surface area (Å²) in [7, 11) is 0. The Hall–Kier alpha value is -1.36. The standard InChI is InChI=1S/C10H12FN3O/c11-7-3-9-10(13-4-7)14-2-1-12-5-8(14)6-15-9/h3-4,8,12H,1-2,5-6H2/t8-/m0/s1. The van der Waals surface area contributed by atoms with E-state index < -0.39 is 0 Å². The Labute approximate surface area is 87.1 Å². The number of halogens is 1. The third-order valence-electron chi connectivity index (χ3n) is 2.85. The van der Waals surface area contributed by atoms with Gasteiger partial charge in [0.05, 0.1) is 12.2 Å². The van der Waals surface area contributed by atoms with Gasteiger partial charge in [-0.15, -0.1) is 0 Å². The van der Waals surface area contributed by atoms with Crippen LogP contribution in [0.4, 0.5) is 10.2 Å². The summed E-state index contributed by atoms with van der Waals surface area (Å²) in [4.78, 5) is 6.29. The molecule has 1 atom stereocenters. The Morgan fingerprint density at radius 2 is 2.53 bits per heavy atom. The molecule has 5 heteroatoms. The average Bonchev–Trinajstić information content (AvgIpc) is 2.28. The van der Waals surface area contributed by atoms with Crippen LogP contribution in [0.1, 0.15) is 0 Å². The van der Waals surface area contributed by atoms with Crippen molar-refractivity contribution < 1.29 is 9.13 Å². The van der Waals surface area contributed by atoms with E-state index in [1.54, 1.807) is 0 Å². The van der Waals surface area contributed by atoms with Crippen molar-refractivity contribution in [3.63, 3.8) is 0 Å². The maximum absolute atomic E-state index is 12.9. The molecule has 1 N–H and O–H groups in total. The van der Waals surface area contributed by atoms with Gasteiger partial charge in [-0.25, -0.2) is 9.37 Å². The number of fused-ring (bicyclic) bond motifs is 3. The zero-order chi connectivity index (χ0) is 10.3. The van der Waals surface area contributed by atoms with Crippen molar-refractivity contribution in [1.82, 2.24) is 10.3 Å². The zero-order valence-electron chi connectivity index (χ0n) is 8.24. The second kappa shape index (κ2) is 3.34. The molecule has 0 saturated carbocycles. The molecule has 1 aromatic heterocycles. The highest BCUT2D eigenvalue weighted by molar-refractivity contribution is 5.55. The normalized spacial score (nSPS) is 24.1. The molecular weight excluding hydrogens is 197 g/mol. The fourth-order valence-electron chi connectivity index (χ4n) is 2.11. The molecule has 1 saturated heterocycles. The lowest BCUT2D eigenvalue weighted by molar-refractivity contribution is 0.243. The predicted molar refractivity (Wildman–Crippen MR) is 53.7 cm³/mol. The van der Waals surface area contributed by atoms with Gasteiger partial charge in [-0.2, -0.15) is 0 Å². The second-order valence-electron chi connectivity index (χ2n) is 3.84. The van der Waals surface area contributed by atoms with Gasteiger partial charge in [0.2, 0.25) is 0 Å². The summed E-state index contributed by atoms with van der Waals surface area (Å²) in [6.45, 7) is 3.35. The number of ether oxygens (including phenoxy) is 1. The van der Waals surface area contributed by atoms with Crippen molar-refractivity contribution in [1.29, 1.82) is 0 Å². The molecule has 0 aromatic carbocycles. The summed E-state index contributed by atoms with van der Waals surface area (Å²) < 4.78 is 18.4. The average molecular weight is 209 g/mol. The minimum absolute atomic E-state index is 0.323. The van der Waals surface area contributed by atoms with Crippen molar-refractivity contribution in [3.8, 4) is 5.75 Å². The lowest BCUT2D eigenvalue weighted by Crippen LogP contribution is -2.56. The largest absolute Gasteiger partial charge is 0.487 e. The molecule has 2 aliphatic rings. The quantitative estimate of drug-likeness (QED) is 0.670. The molecule has 2 aliphatic heterocycles. The number of hydrogen-bond acceptors (Lipinski definition) is 4. The molecule has 1 fully saturated rings. The van der Waals surface area contributed by atoms with Crippen molar-refractivity contribution >= 4 is 5.82 Å². The summed E-state index contributed by atoms with van der Waals surface area (Å²) >= 11 is 0. The molecule has 0 aliphatic carbocycles. The van der Waals surface area contributed by atoms with Gasteiger partial charge in [0.1, 0.15) is 12.4 Å². The topological polar surface area (TPSA) is 37.4 Å². The number of hydrogen-bond donors (Lipinski definition) is 1. The van der Waals surface area contributed by atoms with Crippen LogP contribution in [-0.2, 0) is 0 Å². The fourth-order valence-corrected chi connectivity index (χ4v) is 2.11. The Balaban J connectivity index is 1.99. The maximum Gasteiger partial charge on any atom is 0.172 e. The Morgan fingerprint density at radius 3 is 3.47 bits per heavy atom. The third kappa shape index (κ3) is 1.43. The highest BCUT2D eigenvalue weighted by Crippen LogP contribution is 2.32. The first-order chi connectivity index (χ1) is 7.34. The lowest BCUT2D eigenvalue weighted by Gasteiger charge is -2.40. The first kappa shape index (κ1) is 8.91. The molecule has 3 heterocycles. The Bertz CT molecular complexity index is 385. The van der Waals surface area contributed by atoms with E-state index >= 15 is 0 Å². The van der Waals surface area contributed by atoms with Gasteiger partial charge >= 0.3 is 0 Å². The number of piperazine rings is 1. The van der Waals surface area contributed by atoms with E-state index in [1.807, 2.05) is 0 Å². The SMILES string of the molecule is Fc1cnc2c(c1)OC[C@@H]1CNCCN21. The van der Waals surface area contributed by atoms with Crippen LogP contribution >= 0.6 is 0 Å². The smallest absolute Gasteiger partial charge is 0.172 e. The van der Waals surface area contributed by atoms with Crippen LogP contribution < -0.4 is 15.0 Å². The number of anilines is 1. The lowest BCUT2D eigenvalue weighted by atomic mass is 10.1. The van der Waals surface area contributed by atoms with Gasteiger partial charge < -0.3 is 15.0 Å². The number of rotatable bonds is 0. The van der Waals surface area contributed by atoms with Gasteiger partial charge in [0.15, 0.2) is 11.6 Å². The number of nitrogens with one attached hydrogen (secondary N) is 1. The summed E-state index contributed by atoms with van der Waals surface area (Å²) in [6.07, 6.45) is 1.24. The Kier molecular flexibility index (Phi) is 1.98. The van der Waals surface area contributed by atoms with Crippen LogP contribution in [0, 0.1) is 5.82 Å². The van der Waals surface area contributed by atoms with Crippen LogP contribution in [0.25, 0.3) is 0 Å². The summed E-state index contributed by atoms with van der Waals surface area (Å²) in [6, 6.07) is 1.73. The van der Waals surface area contributed by atoms with E-state index in [2.05, 4.69) is 15.2 Å². The minimum Gasteiger partial charge on any atom is -0.487 e. The van der Waals surface area contributed by atoms with Crippen molar-refractivity contribution in [3.05, 3.63) is 18.1 Å². The van der Waals surface area contributed by atoms with Gasteiger partial charge in [-0.1, -0.05) is 0 Å². The molecule has 1 aromatic rings. The summed E-state index contributed by atoms with van der Waals surface area (Å²) in [5.41, 5.74) is 0. The molecule has 3 rings (SSSR count). The Morgan fingerprint density at radius 1 is 1.60 bits per heavy atom. The monoisotopic (exact) mass is 209 g/mol. The highest BCUT2D eigenvalue weighted by atomic mass is 19.1. The maximum atomic E-state index is 12.9. The van der Waals surface area contributed by atoms with Gasteiger partial charge in [-0.05, 0) is 0 Å². The van der Waals surface area contributed by atoms with Crippen molar-refractivity contribution in [2.24, 2.45) is 0 Å². The van der Waals surface area contributed by atoms with Gasteiger partial charge in [-0.3, -0.25) is 0 Å². The molecule has 80 valence electrons. The first-order valence-corrected chi connectivity index (χ1v) is 5.10. The van der Waals surface area contributed by atoms with Crippen molar-refractivity contribution in [2.45, 2.75) is 6.04 Å². The molecule has 4 nitrogen and oxygen atoms in total. The number of aromatic nitrogens is 1. The van der Waals surface area contributed by atoms with Crippen LogP contribution in [0.15, 0.2) is 12.3 Å².